The lowest BCUT2D eigenvalue weighted by Gasteiger charge is -2.25. The average Bonchev–Trinajstić information content (AvgIpc) is 3.40. The molecule has 3 aromatic carbocycles. The maximum absolute atomic E-state index is 13.4. The molecule has 4 rings (SSSR count). The minimum absolute atomic E-state index is 0.190. The molecule has 0 saturated carbocycles. The number of aromatic nitrogens is 1. The van der Waals surface area contributed by atoms with E-state index in [9.17, 15) is 14.7 Å². The van der Waals surface area contributed by atoms with Crippen molar-refractivity contribution in [3.8, 4) is 0 Å². The molecule has 1 heterocycles. The number of hydrogen-bond acceptors (Lipinski definition) is 6. The summed E-state index contributed by atoms with van der Waals surface area (Å²) in [4.78, 5) is 32.6. The van der Waals surface area contributed by atoms with Crippen molar-refractivity contribution in [2.75, 3.05) is 13.6 Å². The summed E-state index contributed by atoms with van der Waals surface area (Å²) in [5.74, 6) is 0.0548. The number of hydrogen-bond donors (Lipinski definition) is 3. The van der Waals surface area contributed by atoms with Gasteiger partial charge in [0.2, 0.25) is 0 Å². The topological polar surface area (TPSA) is 94.6 Å². The first-order valence-corrected chi connectivity index (χ1v) is 15.6. The summed E-state index contributed by atoms with van der Waals surface area (Å²) in [6, 6.07) is 24.5. The molecule has 2 unspecified atom stereocenters. The van der Waals surface area contributed by atoms with Crippen LogP contribution in [0.4, 0.5) is 0 Å². The number of carbonyl (C=O) groups is 2. The van der Waals surface area contributed by atoms with Crippen molar-refractivity contribution in [2.45, 2.75) is 58.8 Å². The molecular formula is C35H42N4O3S. The van der Waals surface area contributed by atoms with Crippen LogP contribution >= 0.6 is 11.3 Å². The summed E-state index contributed by atoms with van der Waals surface area (Å²) in [6.45, 7) is 7.67. The Morgan fingerprint density at radius 2 is 1.60 bits per heavy atom. The van der Waals surface area contributed by atoms with Crippen LogP contribution in [0.15, 0.2) is 84.2 Å². The Morgan fingerprint density at radius 1 is 0.907 bits per heavy atom. The van der Waals surface area contributed by atoms with E-state index >= 15 is 0 Å². The average molecular weight is 599 g/mol. The van der Waals surface area contributed by atoms with Gasteiger partial charge in [0, 0.05) is 42.3 Å². The first-order chi connectivity index (χ1) is 20.7. The van der Waals surface area contributed by atoms with Gasteiger partial charge in [-0.2, -0.15) is 0 Å². The third kappa shape index (κ3) is 9.85. The van der Waals surface area contributed by atoms with Gasteiger partial charge < -0.3 is 20.6 Å². The normalized spacial score (nSPS) is 12.6. The SMILES string of the molecule is Cc1csc(CN(C)C(=O)c2cccc(C(=O)NC(Cc3ccccc3)C(O)CNCc3cccc(CC(C)C)c3)c2)n1. The predicted molar refractivity (Wildman–Crippen MR) is 173 cm³/mol. The molecule has 0 aliphatic carbocycles. The van der Waals surface area contributed by atoms with E-state index in [1.165, 1.54) is 16.9 Å². The largest absolute Gasteiger partial charge is 0.390 e. The lowest BCUT2D eigenvalue weighted by Crippen LogP contribution is -2.48. The zero-order valence-corrected chi connectivity index (χ0v) is 26.2. The third-order valence-corrected chi connectivity index (χ3v) is 8.11. The lowest BCUT2D eigenvalue weighted by atomic mass is 9.99. The number of carbonyl (C=O) groups excluding carboxylic acids is 2. The van der Waals surface area contributed by atoms with Crippen LogP contribution < -0.4 is 10.6 Å². The van der Waals surface area contributed by atoms with Gasteiger partial charge in [-0.15, -0.1) is 11.3 Å². The Morgan fingerprint density at radius 3 is 2.33 bits per heavy atom. The van der Waals surface area contributed by atoms with E-state index < -0.39 is 12.1 Å². The molecule has 0 bridgehead atoms. The predicted octanol–water partition coefficient (Wildman–Crippen LogP) is 5.41. The summed E-state index contributed by atoms with van der Waals surface area (Å²) in [6.07, 6.45) is 0.658. The fraction of sp³-hybridized carbons (Fsp3) is 0.343. The number of nitrogens with one attached hydrogen (secondary N) is 2. The van der Waals surface area contributed by atoms with Crippen molar-refractivity contribution < 1.29 is 14.7 Å². The Bertz CT molecular complexity index is 1490. The van der Waals surface area contributed by atoms with Crippen LogP contribution in [-0.2, 0) is 25.9 Å². The van der Waals surface area contributed by atoms with Crippen molar-refractivity contribution in [3.05, 3.63) is 123 Å². The highest BCUT2D eigenvalue weighted by Gasteiger charge is 2.23. The number of amides is 2. The summed E-state index contributed by atoms with van der Waals surface area (Å²) >= 11 is 1.52. The first kappa shape index (κ1) is 32.1. The summed E-state index contributed by atoms with van der Waals surface area (Å²) in [5.41, 5.74) is 5.18. The number of thiazole rings is 1. The standard InChI is InChI=1S/C35H42N4O3S/c1-24(2)16-27-12-8-13-28(17-27)20-36-21-32(40)31(18-26-10-6-5-7-11-26)38-34(41)29-14-9-15-30(19-29)35(42)39(4)22-33-37-25(3)23-43-33/h5-15,17,19,23-24,31-32,36,40H,16,18,20-22H2,1-4H3,(H,38,41). The van der Waals surface area contributed by atoms with E-state index in [-0.39, 0.29) is 11.8 Å². The second-order valence-corrected chi connectivity index (χ2v) is 12.5. The molecule has 2 amide bonds. The molecule has 0 spiro atoms. The molecule has 0 aliphatic rings. The molecule has 0 radical (unpaired) electrons. The third-order valence-electron chi connectivity index (χ3n) is 7.15. The highest BCUT2D eigenvalue weighted by atomic mass is 32.1. The number of aryl methyl sites for hydroxylation is 1. The zero-order valence-electron chi connectivity index (χ0n) is 25.4. The van der Waals surface area contributed by atoms with Crippen LogP contribution in [0.25, 0.3) is 0 Å². The molecule has 43 heavy (non-hydrogen) atoms. The van der Waals surface area contributed by atoms with Crippen molar-refractivity contribution in [1.29, 1.82) is 0 Å². The highest BCUT2D eigenvalue weighted by Crippen LogP contribution is 2.15. The Labute approximate surface area is 259 Å². The number of aliphatic hydroxyl groups excluding tert-OH is 1. The van der Waals surface area contributed by atoms with Gasteiger partial charge in [-0.3, -0.25) is 9.59 Å². The smallest absolute Gasteiger partial charge is 0.253 e. The van der Waals surface area contributed by atoms with Crippen molar-refractivity contribution in [3.63, 3.8) is 0 Å². The fourth-order valence-electron chi connectivity index (χ4n) is 5.01. The molecule has 8 heteroatoms. The van der Waals surface area contributed by atoms with Crippen LogP contribution in [0.3, 0.4) is 0 Å². The molecule has 226 valence electrons. The summed E-state index contributed by atoms with van der Waals surface area (Å²) in [5, 5.41) is 20.4. The quantitative estimate of drug-likeness (QED) is 0.180. The maximum Gasteiger partial charge on any atom is 0.253 e. The van der Waals surface area contributed by atoms with Crippen molar-refractivity contribution >= 4 is 23.2 Å². The van der Waals surface area contributed by atoms with Crippen LogP contribution in [0.5, 0.6) is 0 Å². The molecule has 1 aromatic heterocycles. The summed E-state index contributed by atoms with van der Waals surface area (Å²) in [7, 11) is 1.73. The van der Waals surface area contributed by atoms with Gasteiger partial charge in [0.1, 0.15) is 5.01 Å². The van der Waals surface area contributed by atoms with Crippen LogP contribution in [0.2, 0.25) is 0 Å². The van der Waals surface area contributed by atoms with Gasteiger partial charge >= 0.3 is 0 Å². The van der Waals surface area contributed by atoms with E-state index in [2.05, 4.69) is 53.7 Å². The molecular weight excluding hydrogens is 556 g/mol. The second kappa shape index (κ2) is 15.6. The van der Waals surface area contributed by atoms with E-state index in [1.807, 2.05) is 42.6 Å². The fourth-order valence-corrected chi connectivity index (χ4v) is 5.84. The number of rotatable bonds is 14. The Kier molecular flexibility index (Phi) is 11.6. The van der Waals surface area contributed by atoms with E-state index in [0.29, 0.717) is 43.1 Å². The Hall–Kier alpha value is -3.85. The highest BCUT2D eigenvalue weighted by molar-refractivity contribution is 7.09. The molecule has 0 saturated heterocycles. The van der Waals surface area contributed by atoms with E-state index in [4.69, 9.17) is 0 Å². The number of benzene rings is 3. The van der Waals surface area contributed by atoms with Crippen molar-refractivity contribution in [1.82, 2.24) is 20.5 Å². The lowest BCUT2D eigenvalue weighted by molar-refractivity contribution is 0.0784. The van der Waals surface area contributed by atoms with Crippen LogP contribution in [0, 0.1) is 12.8 Å². The maximum atomic E-state index is 13.4. The molecule has 4 aromatic rings. The van der Waals surface area contributed by atoms with Gasteiger partial charge in [0.05, 0.1) is 18.7 Å². The van der Waals surface area contributed by atoms with Gasteiger partial charge in [-0.25, -0.2) is 4.98 Å². The van der Waals surface area contributed by atoms with E-state index in [0.717, 1.165) is 28.2 Å². The summed E-state index contributed by atoms with van der Waals surface area (Å²) < 4.78 is 0. The molecule has 0 fully saturated rings. The Balaban J connectivity index is 1.41. The number of aliphatic hydroxyl groups is 1. The van der Waals surface area contributed by atoms with Crippen LogP contribution in [0.1, 0.15) is 62.0 Å². The van der Waals surface area contributed by atoms with Gasteiger partial charge in [-0.05, 0) is 60.6 Å². The minimum Gasteiger partial charge on any atom is -0.390 e. The van der Waals surface area contributed by atoms with Gasteiger partial charge in [0.15, 0.2) is 0 Å². The second-order valence-electron chi connectivity index (χ2n) is 11.5. The monoisotopic (exact) mass is 598 g/mol. The van der Waals surface area contributed by atoms with Crippen molar-refractivity contribution in [2.24, 2.45) is 5.92 Å². The number of nitrogens with zero attached hydrogens (tertiary/aromatic N) is 2. The zero-order chi connectivity index (χ0) is 30.8. The molecule has 0 aliphatic heterocycles. The molecule has 2 atom stereocenters. The van der Waals surface area contributed by atoms with Crippen LogP contribution in [-0.4, -0.2) is 52.5 Å². The molecule has 3 N–H and O–H groups in total. The van der Waals surface area contributed by atoms with Gasteiger partial charge in [0.25, 0.3) is 11.8 Å². The minimum atomic E-state index is -0.833. The van der Waals surface area contributed by atoms with Gasteiger partial charge in [-0.1, -0.05) is 74.5 Å². The van der Waals surface area contributed by atoms with E-state index in [1.54, 1.807) is 36.2 Å². The molecule has 7 nitrogen and oxygen atoms in total. The first-order valence-electron chi connectivity index (χ1n) is 14.8.